The molecule has 3 saturated heterocycles. The largest absolute Gasteiger partial charge is 0.342 e. The van der Waals surface area contributed by atoms with Crippen LogP contribution in [0, 0.1) is 5.92 Å². The number of imide groups is 1. The molecule has 0 saturated carbocycles. The summed E-state index contributed by atoms with van der Waals surface area (Å²) in [5, 5.41) is 0. The molecule has 3 aliphatic rings. The van der Waals surface area contributed by atoms with Crippen molar-refractivity contribution in [1.29, 1.82) is 0 Å². The minimum Gasteiger partial charge on any atom is -0.342 e. The first-order valence-corrected chi connectivity index (χ1v) is 8.49. The van der Waals surface area contributed by atoms with Crippen LogP contribution in [0.3, 0.4) is 0 Å². The van der Waals surface area contributed by atoms with Gasteiger partial charge in [0.15, 0.2) is 0 Å². The first-order valence-electron chi connectivity index (χ1n) is 8.49. The van der Waals surface area contributed by atoms with Gasteiger partial charge in [0.25, 0.3) is 0 Å². The van der Waals surface area contributed by atoms with E-state index in [-0.39, 0.29) is 23.8 Å². The van der Waals surface area contributed by atoms with Gasteiger partial charge in [-0.25, -0.2) is 0 Å². The SMILES string of the molecule is CCN1C(=O)C[C@@H](N2CCC(C(=O)N3CCCC3)CC2)C1=O. The van der Waals surface area contributed by atoms with E-state index in [1.165, 1.54) is 4.90 Å². The molecular formula is C16H25N3O3. The number of carbonyl (C=O) groups excluding carboxylic acids is 3. The number of hydrogen-bond donors (Lipinski definition) is 0. The predicted octanol–water partition coefficient (Wildman–Crippen LogP) is 0.468. The molecule has 0 radical (unpaired) electrons. The molecule has 3 fully saturated rings. The molecule has 0 aromatic heterocycles. The summed E-state index contributed by atoms with van der Waals surface area (Å²) in [7, 11) is 0. The van der Waals surface area contributed by atoms with E-state index < -0.39 is 0 Å². The number of nitrogens with zero attached hydrogens (tertiary/aromatic N) is 3. The number of carbonyl (C=O) groups is 3. The highest BCUT2D eigenvalue weighted by Crippen LogP contribution is 2.26. The Morgan fingerprint density at radius 2 is 1.73 bits per heavy atom. The number of likely N-dealkylation sites (N-methyl/N-ethyl adjacent to an activating group) is 1. The maximum atomic E-state index is 12.4. The summed E-state index contributed by atoms with van der Waals surface area (Å²) < 4.78 is 0. The van der Waals surface area contributed by atoms with Crippen LogP contribution in [0.2, 0.25) is 0 Å². The van der Waals surface area contributed by atoms with Crippen molar-refractivity contribution in [3.8, 4) is 0 Å². The Hall–Kier alpha value is -1.43. The highest BCUT2D eigenvalue weighted by Gasteiger charge is 2.42. The molecule has 3 heterocycles. The van der Waals surface area contributed by atoms with Gasteiger partial charge in [-0.15, -0.1) is 0 Å². The molecule has 6 nitrogen and oxygen atoms in total. The minimum atomic E-state index is -0.296. The van der Waals surface area contributed by atoms with Gasteiger partial charge in [-0.3, -0.25) is 24.2 Å². The van der Waals surface area contributed by atoms with Gasteiger partial charge < -0.3 is 4.90 Å². The van der Waals surface area contributed by atoms with Crippen molar-refractivity contribution >= 4 is 17.7 Å². The lowest BCUT2D eigenvalue weighted by atomic mass is 9.94. The van der Waals surface area contributed by atoms with E-state index in [0.717, 1.165) is 51.9 Å². The van der Waals surface area contributed by atoms with Crippen LogP contribution in [0.5, 0.6) is 0 Å². The summed E-state index contributed by atoms with van der Waals surface area (Å²) in [4.78, 5) is 42.0. The number of likely N-dealkylation sites (tertiary alicyclic amines) is 3. The lowest BCUT2D eigenvalue weighted by Gasteiger charge is -2.35. The second-order valence-corrected chi connectivity index (χ2v) is 6.54. The number of rotatable bonds is 3. The van der Waals surface area contributed by atoms with Gasteiger partial charge in [0.1, 0.15) is 0 Å². The van der Waals surface area contributed by atoms with Crippen molar-refractivity contribution in [2.24, 2.45) is 5.92 Å². The quantitative estimate of drug-likeness (QED) is 0.711. The molecular weight excluding hydrogens is 282 g/mol. The smallest absolute Gasteiger partial charge is 0.247 e. The monoisotopic (exact) mass is 307 g/mol. The molecule has 1 atom stereocenters. The van der Waals surface area contributed by atoms with Crippen LogP contribution in [-0.4, -0.2) is 71.2 Å². The fraction of sp³-hybridized carbons (Fsp3) is 0.812. The molecule has 0 bridgehead atoms. The number of hydrogen-bond acceptors (Lipinski definition) is 4. The number of amides is 3. The zero-order valence-corrected chi connectivity index (χ0v) is 13.3. The van der Waals surface area contributed by atoms with Crippen LogP contribution in [-0.2, 0) is 14.4 Å². The summed E-state index contributed by atoms with van der Waals surface area (Å²) >= 11 is 0. The lowest BCUT2D eigenvalue weighted by Crippen LogP contribution is -2.48. The predicted molar refractivity (Wildman–Crippen MR) is 80.9 cm³/mol. The van der Waals surface area contributed by atoms with Crippen molar-refractivity contribution in [2.75, 3.05) is 32.7 Å². The van der Waals surface area contributed by atoms with Crippen molar-refractivity contribution in [3.05, 3.63) is 0 Å². The molecule has 0 aliphatic carbocycles. The third-order valence-electron chi connectivity index (χ3n) is 5.27. The zero-order chi connectivity index (χ0) is 15.7. The molecule has 3 rings (SSSR count). The van der Waals surface area contributed by atoms with Crippen molar-refractivity contribution in [3.63, 3.8) is 0 Å². The third kappa shape index (κ3) is 2.76. The van der Waals surface area contributed by atoms with E-state index in [4.69, 9.17) is 0 Å². The van der Waals surface area contributed by atoms with Crippen molar-refractivity contribution < 1.29 is 14.4 Å². The molecule has 0 aromatic rings. The average Bonchev–Trinajstić information content (AvgIpc) is 3.15. The summed E-state index contributed by atoms with van der Waals surface area (Å²) in [6, 6.07) is -0.296. The highest BCUT2D eigenvalue weighted by atomic mass is 16.2. The Kier molecular flexibility index (Phi) is 4.47. The highest BCUT2D eigenvalue weighted by molar-refractivity contribution is 6.05. The van der Waals surface area contributed by atoms with Gasteiger partial charge in [-0.05, 0) is 45.7 Å². The molecule has 0 spiro atoms. The van der Waals surface area contributed by atoms with Gasteiger partial charge in [0, 0.05) is 25.6 Å². The summed E-state index contributed by atoms with van der Waals surface area (Å²) in [5.41, 5.74) is 0. The third-order valence-corrected chi connectivity index (χ3v) is 5.27. The van der Waals surface area contributed by atoms with Crippen molar-refractivity contribution in [1.82, 2.24) is 14.7 Å². The molecule has 0 aromatic carbocycles. The Bertz CT molecular complexity index is 465. The zero-order valence-electron chi connectivity index (χ0n) is 13.3. The van der Waals surface area contributed by atoms with E-state index in [0.29, 0.717) is 18.9 Å². The summed E-state index contributed by atoms with van der Waals surface area (Å²) in [6.45, 7) is 5.58. The fourth-order valence-electron chi connectivity index (χ4n) is 3.94. The second kappa shape index (κ2) is 6.36. The van der Waals surface area contributed by atoms with E-state index in [2.05, 4.69) is 4.90 Å². The van der Waals surface area contributed by atoms with Gasteiger partial charge >= 0.3 is 0 Å². The maximum absolute atomic E-state index is 12.4. The van der Waals surface area contributed by atoms with E-state index in [9.17, 15) is 14.4 Å². The van der Waals surface area contributed by atoms with E-state index in [1.54, 1.807) is 0 Å². The van der Waals surface area contributed by atoms with E-state index >= 15 is 0 Å². The molecule has 3 amide bonds. The summed E-state index contributed by atoms with van der Waals surface area (Å²) in [6.07, 6.45) is 4.16. The molecule has 0 unspecified atom stereocenters. The molecule has 6 heteroatoms. The standard InChI is InChI=1S/C16H25N3O3/c1-2-19-14(20)11-13(16(19)22)17-9-5-12(6-10-17)15(21)18-7-3-4-8-18/h12-13H,2-11H2,1H3/t13-/m1/s1. The Morgan fingerprint density at radius 3 is 2.27 bits per heavy atom. The fourth-order valence-corrected chi connectivity index (χ4v) is 3.94. The van der Waals surface area contributed by atoms with E-state index in [1.807, 2.05) is 11.8 Å². The average molecular weight is 307 g/mol. The first-order chi connectivity index (χ1) is 10.6. The Labute approximate surface area is 131 Å². The molecule has 122 valence electrons. The topological polar surface area (TPSA) is 60.9 Å². The van der Waals surface area contributed by atoms with Gasteiger partial charge in [-0.2, -0.15) is 0 Å². The van der Waals surface area contributed by atoms with Crippen molar-refractivity contribution in [2.45, 2.75) is 45.1 Å². The normalized spacial score (nSPS) is 28.0. The van der Waals surface area contributed by atoms with Crippen LogP contribution in [0.15, 0.2) is 0 Å². The van der Waals surface area contributed by atoms with Gasteiger partial charge in [0.2, 0.25) is 17.7 Å². The molecule has 22 heavy (non-hydrogen) atoms. The first kappa shape index (κ1) is 15.5. The molecule has 0 N–H and O–H groups in total. The molecule has 3 aliphatic heterocycles. The van der Waals surface area contributed by atoms with Crippen LogP contribution >= 0.6 is 0 Å². The number of piperidine rings is 1. The van der Waals surface area contributed by atoms with Gasteiger partial charge in [0.05, 0.1) is 12.5 Å². The maximum Gasteiger partial charge on any atom is 0.247 e. The lowest BCUT2D eigenvalue weighted by molar-refractivity contribution is -0.139. The minimum absolute atomic E-state index is 0.0585. The van der Waals surface area contributed by atoms with Crippen LogP contribution in [0.1, 0.15) is 39.0 Å². The Balaban J connectivity index is 1.54. The van der Waals surface area contributed by atoms with Crippen LogP contribution < -0.4 is 0 Å². The van der Waals surface area contributed by atoms with Crippen LogP contribution in [0.25, 0.3) is 0 Å². The van der Waals surface area contributed by atoms with Gasteiger partial charge in [-0.1, -0.05) is 0 Å². The summed E-state index contributed by atoms with van der Waals surface area (Å²) in [5.74, 6) is 0.273. The van der Waals surface area contributed by atoms with Crippen LogP contribution in [0.4, 0.5) is 0 Å². The second-order valence-electron chi connectivity index (χ2n) is 6.54. The Morgan fingerprint density at radius 1 is 1.09 bits per heavy atom.